The Morgan fingerprint density at radius 2 is 2.20 bits per heavy atom. The molecule has 3 nitrogen and oxygen atoms in total. The first-order valence-electron chi connectivity index (χ1n) is 4.89. The molecule has 0 spiro atoms. The molecule has 0 heterocycles. The number of ether oxygens (including phenoxy) is 1. The molecular weight excluding hydrogens is 214 g/mol. The first kappa shape index (κ1) is 10.6. The van der Waals surface area contributed by atoms with Crippen LogP contribution in [0.5, 0.6) is 11.5 Å². The standard InChI is InChI=1S/C11H14ClNO2/c1-15-10-7(6-11(13)4-5-11)8(12)2-3-9(10)14/h2-3,14H,4-6,13H2,1H3. The summed E-state index contributed by atoms with van der Waals surface area (Å²) in [4.78, 5) is 0. The van der Waals surface area contributed by atoms with E-state index in [2.05, 4.69) is 0 Å². The second kappa shape index (κ2) is 3.58. The summed E-state index contributed by atoms with van der Waals surface area (Å²) in [6, 6.07) is 3.20. The van der Waals surface area contributed by atoms with E-state index < -0.39 is 0 Å². The molecule has 1 aliphatic rings. The molecule has 1 aromatic rings. The van der Waals surface area contributed by atoms with Crippen LogP contribution in [0.4, 0.5) is 0 Å². The summed E-state index contributed by atoms with van der Waals surface area (Å²) in [5.41, 5.74) is 6.68. The Morgan fingerprint density at radius 1 is 1.53 bits per heavy atom. The van der Waals surface area contributed by atoms with Gasteiger partial charge in [-0.2, -0.15) is 0 Å². The van der Waals surface area contributed by atoms with Crippen LogP contribution in [0, 0.1) is 0 Å². The highest BCUT2D eigenvalue weighted by Crippen LogP contribution is 2.42. The van der Waals surface area contributed by atoms with E-state index in [9.17, 15) is 5.11 Å². The van der Waals surface area contributed by atoms with Crippen molar-refractivity contribution in [2.75, 3.05) is 7.11 Å². The first-order valence-corrected chi connectivity index (χ1v) is 5.27. The summed E-state index contributed by atoms with van der Waals surface area (Å²) < 4.78 is 5.14. The van der Waals surface area contributed by atoms with Gasteiger partial charge in [0, 0.05) is 16.1 Å². The smallest absolute Gasteiger partial charge is 0.165 e. The van der Waals surface area contributed by atoms with Crippen molar-refractivity contribution in [3.8, 4) is 11.5 Å². The number of rotatable bonds is 3. The van der Waals surface area contributed by atoms with Crippen molar-refractivity contribution in [2.24, 2.45) is 5.73 Å². The minimum Gasteiger partial charge on any atom is -0.504 e. The Hall–Kier alpha value is -0.930. The summed E-state index contributed by atoms with van der Waals surface area (Å²) in [6.07, 6.45) is 2.66. The summed E-state index contributed by atoms with van der Waals surface area (Å²) >= 11 is 6.07. The zero-order chi connectivity index (χ0) is 11.1. The molecule has 0 bridgehead atoms. The maximum absolute atomic E-state index is 9.61. The van der Waals surface area contributed by atoms with Gasteiger partial charge in [0.15, 0.2) is 11.5 Å². The molecule has 0 saturated heterocycles. The molecule has 0 radical (unpaired) electrons. The average molecular weight is 228 g/mol. The lowest BCUT2D eigenvalue weighted by Gasteiger charge is -2.15. The van der Waals surface area contributed by atoms with Crippen molar-refractivity contribution in [3.63, 3.8) is 0 Å². The number of hydrogen-bond acceptors (Lipinski definition) is 3. The fourth-order valence-electron chi connectivity index (χ4n) is 1.67. The van der Waals surface area contributed by atoms with Crippen LogP contribution in [-0.2, 0) is 6.42 Å². The SMILES string of the molecule is COc1c(O)ccc(Cl)c1CC1(N)CC1. The van der Waals surface area contributed by atoms with Crippen LogP contribution < -0.4 is 10.5 Å². The van der Waals surface area contributed by atoms with E-state index in [0.29, 0.717) is 17.2 Å². The van der Waals surface area contributed by atoms with Gasteiger partial charge in [0.05, 0.1) is 7.11 Å². The number of nitrogens with two attached hydrogens (primary N) is 1. The van der Waals surface area contributed by atoms with Crippen molar-refractivity contribution in [1.29, 1.82) is 0 Å². The van der Waals surface area contributed by atoms with Gasteiger partial charge in [-0.3, -0.25) is 0 Å². The molecule has 4 heteroatoms. The molecule has 1 aromatic carbocycles. The number of phenolic OH excluding ortho intramolecular Hbond substituents is 1. The van der Waals surface area contributed by atoms with Crippen molar-refractivity contribution in [3.05, 3.63) is 22.7 Å². The lowest BCUT2D eigenvalue weighted by molar-refractivity contribution is 0.368. The predicted octanol–water partition coefficient (Wildman–Crippen LogP) is 2.09. The number of hydrogen-bond donors (Lipinski definition) is 2. The van der Waals surface area contributed by atoms with Gasteiger partial charge in [0.25, 0.3) is 0 Å². The molecule has 0 atom stereocenters. The van der Waals surface area contributed by atoms with Crippen molar-refractivity contribution in [2.45, 2.75) is 24.8 Å². The molecule has 15 heavy (non-hydrogen) atoms. The van der Waals surface area contributed by atoms with E-state index in [1.807, 2.05) is 0 Å². The lowest BCUT2D eigenvalue weighted by Crippen LogP contribution is -2.24. The minimum atomic E-state index is -0.148. The monoisotopic (exact) mass is 227 g/mol. The number of phenols is 1. The van der Waals surface area contributed by atoms with Gasteiger partial charge in [0.2, 0.25) is 0 Å². The Labute approximate surface area is 93.8 Å². The Kier molecular flexibility index (Phi) is 2.52. The van der Waals surface area contributed by atoms with Gasteiger partial charge in [-0.15, -0.1) is 0 Å². The number of benzene rings is 1. The molecule has 2 rings (SSSR count). The summed E-state index contributed by atoms with van der Waals surface area (Å²) in [5.74, 6) is 0.556. The van der Waals surface area contributed by atoms with Crippen LogP contribution in [0.1, 0.15) is 18.4 Å². The molecular formula is C11H14ClNO2. The van der Waals surface area contributed by atoms with Crippen LogP contribution in [0.3, 0.4) is 0 Å². The lowest BCUT2D eigenvalue weighted by atomic mass is 10.0. The first-order chi connectivity index (χ1) is 7.06. The molecule has 0 aromatic heterocycles. The number of methoxy groups -OCH3 is 1. The van der Waals surface area contributed by atoms with Crippen LogP contribution in [0.2, 0.25) is 5.02 Å². The van der Waals surface area contributed by atoms with Gasteiger partial charge in [-0.1, -0.05) is 11.6 Å². The van der Waals surface area contributed by atoms with E-state index in [1.165, 1.54) is 13.2 Å². The molecule has 1 saturated carbocycles. The van der Waals surface area contributed by atoms with E-state index in [1.54, 1.807) is 6.07 Å². The Bertz CT molecular complexity index is 388. The third-order valence-electron chi connectivity index (χ3n) is 2.81. The molecule has 82 valence electrons. The number of aromatic hydroxyl groups is 1. The summed E-state index contributed by atoms with van der Waals surface area (Å²) in [5, 5.41) is 10.2. The fourth-order valence-corrected chi connectivity index (χ4v) is 1.89. The third-order valence-corrected chi connectivity index (χ3v) is 3.16. The second-order valence-corrected chi connectivity index (χ2v) is 4.52. The van der Waals surface area contributed by atoms with Gasteiger partial charge in [-0.05, 0) is 31.4 Å². The van der Waals surface area contributed by atoms with Gasteiger partial charge in [0.1, 0.15) is 0 Å². The van der Waals surface area contributed by atoms with Crippen LogP contribution in [-0.4, -0.2) is 17.8 Å². The van der Waals surface area contributed by atoms with Crippen molar-refractivity contribution in [1.82, 2.24) is 0 Å². The summed E-state index contributed by atoms with van der Waals surface area (Å²) in [7, 11) is 1.52. The largest absolute Gasteiger partial charge is 0.504 e. The topological polar surface area (TPSA) is 55.5 Å². The summed E-state index contributed by atoms with van der Waals surface area (Å²) in [6.45, 7) is 0. The van der Waals surface area contributed by atoms with Gasteiger partial charge >= 0.3 is 0 Å². The van der Waals surface area contributed by atoms with Crippen LogP contribution in [0.15, 0.2) is 12.1 Å². The highest BCUT2D eigenvalue weighted by molar-refractivity contribution is 6.31. The fraction of sp³-hybridized carbons (Fsp3) is 0.455. The molecule has 0 aliphatic heterocycles. The quantitative estimate of drug-likeness (QED) is 0.832. The maximum atomic E-state index is 9.61. The van der Waals surface area contributed by atoms with E-state index in [-0.39, 0.29) is 11.3 Å². The van der Waals surface area contributed by atoms with Gasteiger partial charge in [-0.25, -0.2) is 0 Å². The molecule has 3 N–H and O–H groups in total. The maximum Gasteiger partial charge on any atom is 0.165 e. The highest BCUT2D eigenvalue weighted by Gasteiger charge is 2.39. The van der Waals surface area contributed by atoms with Crippen LogP contribution >= 0.6 is 11.6 Å². The van der Waals surface area contributed by atoms with Crippen molar-refractivity contribution >= 4 is 11.6 Å². The molecule has 1 aliphatic carbocycles. The minimum absolute atomic E-state index is 0.112. The van der Waals surface area contributed by atoms with E-state index in [0.717, 1.165) is 18.4 Å². The molecule has 0 unspecified atom stereocenters. The molecule has 1 fully saturated rings. The Balaban J connectivity index is 2.38. The van der Waals surface area contributed by atoms with Crippen molar-refractivity contribution < 1.29 is 9.84 Å². The predicted molar refractivity (Wildman–Crippen MR) is 59.5 cm³/mol. The zero-order valence-electron chi connectivity index (χ0n) is 8.59. The normalized spacial score (nSPS) is 17.5. The second-order valence-electron chi connectivity index (χ2n) is 4.12. The molecule has 0 amide bonds. The number of halogens is 1. The van der Waals surface area contributed by atoms with Gasteiger partial charge < -0.3 is 15.6 Å². The third kappa shape index (κ3) is 2.03. The average Bonchev–Trinajstić information content (AvgIpc) is 2.91. The van der Waals surface area contributed by atoms with E-state index in [4.69, 9.17) is 22.1 Å². The Morgan fingerprint density at radius 3 is 2.73 bits per heavy atom. The van der Waals surface area contributed by atoms with Crippen LogP contribution in [0.25, 0.3) is 0 Å². The highest BCUT2D eigenvalue weighted by atomic mass is 35.5. The zero-order valence-corrected chi connectivity index (χ0v) is 9.34. The van der Waals surface area contributed by atoms with E-state index >= 15 is 0 Å².